The van der Waals surface area contributed by atoms with Crippen LogP contribution >= 0.6 is 6.19 Å². The summed E-state index contributed by atoms with van der Waals surface area (Å²) in [5.41, 5.74) is 3.09. The minimum atomic E-state index is -1.22. The summed E-state index contributed by atoms with van der Waals surface area (Å²) in [4.78, 5) is 0. The quantitative estimate of drug-likeness (QED) is 0.521. The molecule has 0 unspecified atom stereocenters. The normalized spacial score (nSPS) is 12.5. The van der Waals surface area contributed by atoms with E-state index >= 15 is 0 Å². The Morgan fingerprint density at radius 3 is 1.90 bits per heavy atom. The highest BCUT2D eigenvalue weighted by molar-refractivity contribution is 8.13. The van der Waals surface area contributed by atoms with Gasteiger partial charge in [-0.05, 0) is 19.4 Å². The number of hydrogen-bond acceptors (Lipinski definition) is 2. The van der Waals surface area contributed by atoms with Gasteiger partial charge in [-0.25, -0.2) is 4.78 Å². The smallest absolute Gasteiger partial charge is 0.0280 e. The Labute approximate surface area is 69.0 Å². The molecule has 10 heavy (non-hydrogen) atoms. The van der Waals surface area contributed by atoms with Gasteiger partial charge in [0.05, 0.1) is 0 Å². The van der Waals surface area contributed by atoms with Crippen molar-refractivity contribution in [2.75, 3.05) is 26.4 Å². The molecular formula is C6H17N2PS. The van der Waals surface area contributed by atoms with Crippen LogP contribution < -0.4 is 5.43 Å². The monoisotopic (exact) mass is 180 g/mol. The third kappa shape index (κ3) is 2.31. The van der Waals surface area contributed by atoms with Gasteiger partial charge in [-0.2, -0.15) is 0 Å². The maximum absolute atomic E-state index is 5.50. The maximum Gasteiger partial charge on any atom is 0.0280 e. The molecule has 62 valence electrons. The lowest BCUT2D eigenvalue weighted by molar-refractivity contribution is 0.446. The predicted molar refractivity (Wildman–Crippen MR) is 52.2 cm³/mol. The summed E-state index contributed by atoms with van der Waals surface area (Å²) in [7, 11) is 3.96. The topological polar surface area (TPSA) is 15.3 Å². The zero-order valence-corrected chi connectivity index (χ0v) is 8.93. The third-order valence-corrected chi connectivity index (χ3v) is 7.41. The molecule has 0 rings (SSSR count). The van der Waals surface area contributed by atoms with E-state index in [4.69, 9.17) is 11.8 Å². The van der Waals surface area contributed by atoms with Crippen molar-refractivity contribution in [2.24, 2.45) is 0 Å². The Balaban J connectivity index is 4.18. The van der Waals surface area contributed by atoms with Gasteiger partial charge in [-0.1, -0.05) is 25.7 Å². The first-order valence-corrected chi connectivity index (χ1v) is 6.73. The molecule has 0 spiro atoms. The Morgan fingerprint density at radius 2 is 1.80 bits per heavy atom. The Bertz CT molecular complexity index is 130. The summed E-state index contributed by atoms with van der Waals surface area (Å²) in [6.07, 6.45) is 0.998. The van der Waals surface area contributed by atoms with Crippen molar-refractivity contribution in [3.63, 3.8) is 0 Å². The van der Waals surface area contributed by atoms with Gasteiger partial charge >= 0.3 is 0 Å². The van der Waals surface area contributed by atoms with Crippen molar-refractivity contribution in [3.8, 4) is 0 Å². The number of hydrogen-bond donors (Lipinski definition) is 1. The Kier molecular flexibility index (Phi) is 4.70. The van der Waals surface area contributed by atoms with Gasteiger partial charge in [0.2, 0.25) is 0 Å². The molecule has 0 aromatic rings. The second kappa shape index (κ2) is 4.45. The molecule has 4 heteroatoms. The van der Waals surface area contributed by atoms with Crippen molar-refractivity contribution in [2.45, 2.75) is 13.8 Å². The van der Waals surface area contributed by atoms with E-state index in [0.717, 1.165) is 12.3 Å². The van der Waals surface area contributed by atoms with E-state index < -0.39 is 6.19 Å². The highest BCUT2D eigenvalue weighted by Gasteiger charge is 2.15. The highest BCUT2D eigenvalue weighted by Crippen LogP contribution is 2.46. The number of nitrogens with zero attached hydrogens (tertiary/aromatic N) is 1. The molecule has 0 aromatic carbocycles. The minimum absolute atomic E-state index is 1.11. The largest absolute Gasteiger partial charge is 0.254 e. The van der Waals surface area contributed by atoms with E-state index in [-0.39, 0.29) is 0 Å². The van der Waals surface area contributed by atoms with Crippen molar-refractivity contribution >= 4 is 18.0 Å². The second-order valence-electron chi connectivity index (χ2n) is 2.23. The molecule has 2 nitrogen and oxygen atoms in total. The third-order valence-electron chi connectivity index (χ3n) is 1.86. The van der Waals surface area contributed by atoms with Crippen molar-refractivity contribution in [3.05, 3.63) is 0 Å². The molecule has 0 heterocycles. The predicted octanol–water partition coefficient (Wildman–Crippen LogP) is 1.49. The van der Waals surface area contributed by atoms with Gasteiger partial charge in [0.1, 0.15) is 0 Å². The molecule has 0 radical (unpaired) electrons. The van der Waals surface area contributed by atoms with Gasteiger partial charge < -0.3 is 0 Å². The van der Waals surface area contributed by atoms with Crippen LogP contribution in [0.5, 0.6) is 0 Å². The zero-order chi connectivity index (χ0) is 8.20. The molecular weight excluding hydrogens is 163 g/mol. The van der Waals surface area contributed by atoms with Crippen molar-refractivity contribution in [1.82, 2.24) is 10.2 Å². The number of nitrogens with one attached hydrogen (secondary N) is 1. The first-order chi connectivity index (χ1) is 4.60. The van der Waals surface area contributed by atoms with E-state index in [0.29, 0.717) is 0 Å². The molecule has 0 saturated carbocycles. The summed E-state index contributed by atoms with van der Waals surface area (Å²) in [5.74, 6) is 0. The van der Waals surface area contributed by atoms with Gasteiger partial charge in [0, 0.05) is 13.2 Å². The molecule has 0 saturated heterocycles. The summed E-state index contributed by atoms with van der Waals surface area (Å²) in [6, 6.07) is 0. The first-order valence-electron chi connectivity index (χ1n) is 3.60. The summed E-state index contributed by atoms with van der Waals surface area (Å²) in [6.45, 7) is 4.33. The standard InChI is InChI=1S/C6H17N2PS/c1-5-9(10,6-2)8(4)7-3/h7H,5-6H2,1-4H3. The Morgan fingerprint density at radius 1 is 1.40 bits per heavy atom. The van der Waals surface area contributed by atoms with Gasteiger partial charge in [-0.3, -0.25) is 5.43 Å². The van der Waals surface area contributed by atoms with Crippen LogP contribution in [0, 0.1) is 0 Å². The van der Waals surface area contributed by atoms with Crippen molar-refractivity contribution < 1.29 is 0 Å². The average molecular weight is 180 g/mol. The SMILES string of the molecule is CCP(=S)(CC)N(C)NC. The highest BCUT2D eigenvalue weighted by atomic mass is 32.4. The van der Waals surface area contributed by atoms with E-state index in [1.807, 2.05) is 14.1 Å². The van der Waals surface area contributed by atoms with Crippen LogP contribution in [0.2, 0.25) is 0 Å². The number of rotatable bonds is 4. The molecule has 0 aliphatic carbocycles. The van der Waals surface area contributed by atoms with Crippen LogP contribution in [0.25, 0.3) is 0 Å². The zero-order valence-electron chi connectivity index (χ0n) is 7.22. The van der Waals surface area contributed by atoms with E-state index in [1.165, 1.54) is 0 Å². The number of hydrazine groups is 1. The van der Waals surface area contributed by atoms with E-state index in [1.54, 1.807) is 0 Å². The van der Waals surface area contributed by atoms with E-state index in [9.17, 15) is 0 Å². The lowest BCUT2D eigenvalue weighted by Gasteiger charge is -2.29. The molecule has 0 fully saturated rings. The van der Waals surface area contributed by atoms with Gasteiger partial charge in [-0.15, -0.1) is 0 Å². The molecule has 0 aliphatic rings. The molecule has 0 atom stereocenters. The fraction of sp³-hybridized carbons (Fsp3) is 1.00. The van der Waals surface area contributed by atoms with Crippen LogP contribution in [0.4, 0.5) is 0 Å². The lowest BCUT2D eigenvalue weighted by atomic mass is 11.0. The fourth-order valence-corrected chi connectivity index (χ4v) is 2.74. The van der Waals surface area contributed by atoms with Crippen molar-refractivity contribution in [1.29, 1.82) is 0 Å². The second-order valence-corrected chi connectivity index (χ2v) is 7.82. The molecule has 0 aromatic heterocycles. The van der Waals surface area contributed by atoms with Gasteiger partial charge in [0.15, 0.2) is 0 Å². The summed E-state index contributed by atoms with van der Waals surface area (Å²) < 4.78 is 2.10. The first kappa shape index (κ1) is 10.6. The fourth-order valence-electron chi connectivity index (χ4n) is 0.830. The summed E-state index contributed by atoms with van der Waals surface area (Å²) in [5, 5.41) is 0. The average Bonchev–Trinajstić information content (AvgIpc) is 2.01. The molecule has 0 aliphatic heterocycles. The maximum atomic E-state index is 5.50. The van der Waals surface area contributed by atoms with Crippen LogP contribution in [0.1, 0.15) is 13.8 Å². The molecule has 0 amide bonds. The van der Waals surface area contributed by atoms with E-state index in [2.05, 4.69) is 24.1 Å². The van der Waals surface area contributed by atoms with Crippen LogP contribution in [0.15, 0.2) is 0 Å². The van der Waals surface area contributed by atoms with Crippen LogP contribution in [-0.4, -0.2) is 31.2 Å². The Hall–Kier alpha value is 0.570. The molecule has 0 bridgehead atoms. The van der Waals surface area contributed by atoms with Crippen LogP contribution in [-0.2, 0) is 11.8 Å². The lowest BCUT2D eigenvalue weighted by Crippen LogP contribution is -2.29. The summed E-state index contributed by atoms with van der Waals surface area (Å²) >= 11 is 5.50. The minimum Gasteiger partial charge on any atom is -0.254 e. The van der Waals surface area contributed by atoms with Crippen LogP contribution in [0.3, 0.4) is 0 Å². The molecule has 1 N–H and O–H groups in total. The van der Waals surface area contributed by atoms with Gasteiger partial charge in [0.25, 0.3) is 0 Å².